The lowest BCUT2D eigenvalue weighted by atomic mass is 10.1. The zero-order valence-electron chi connectivity index (χ0n) is 13.0. The largest absolute Gasteiger partial charge is 0.370 e. The van der Waals surface area contributed by atoms with Gasteiger partial charge in [-0.3, -0.25) is 0 Å². The molecule has 0 radical (unpaired) electrons. The van der Waals surface area contributed by atoms with E-state index in [1.165, 1.54) is 12.1 Å². The summed E-state index contributed by atoms with van der Waals surface area (Å²) in [5.41, 5.74) is 0.722. The van der Waals surface area contributed by atoms with Gasteiger partial charge in [-0.15, -0.1) is 0 Å². The molecule has 0 saturated heterocycles. The number of hydrogen-bond acceptors (Lipinski definition) is 2. The summed E-state index contributed by atoms with van der Waals surface area (Å²) >= 11 is 0. The van der Waals surface area contributed by atoms with Crippen molar-refractivity contribution in [3.8, 4) is 0 Å². The Morgan fingerprint density at radius 3 is 2.30 bits per heavy atom. The highest BCUT2D eigenvalue weighted by Gasteiger charge is 2.15. The molecular weight excluding hydrogens is 258 g/mol. The summed E-state index contributed by atoms with van der Waals surface area (Å²) in [6, 6.07) is 2.85. The zero-order chi connectivity index (χ0) is 15.1. The van der Waals surface area contributed by atoms with Crippen LogP contribution in [0.15, 0.2) is 12.1 Å². The van der Waals surface area contributed by atoms with Crippen LogP contribution in [0.5, 0.6) is 0 Å². The molecule has 114 valence electrons. The van der Waals surface area contributed by atoms with E-state index < -0.39 is 11.6 Å². The van der Waals surface area contributed by atoms with Gasteiger partial charge in [-0.2, -0.15) is 0 Å². The van der Waals surface area contributed by atoms with E-state index in [0.29, 0.717) is 24.6 Å². The summed E-state index contributed by atoms with van der Waals surface area (Å²) in [7, 11) is 1.73. The first-order valence-electron chi connectivity index (χ1n) is 7.35. The molecule has 0 fully saturated rings. The smallest absolute Gasteiger partial charge is 0.149 e. The molecule has 1 aromatic carbocycles. The van der Waals surface area contributed by atoms with E-state index in [4.69, 9.17) is 0 Å². The Kier molecular flexibility index (Phi) is 6.93. The van der Waals surface area contributed by atoms with Crippen LogP contribution in [-0.4, -0.2) is 20.1 Å². The van der Waals surface area contributed by atoms with E-state index in [-0.39, 0.29) is 5.69 Å². The molecule has 0 aliphatic rings. The highest BCUT2D eigenvalue weighted by Crippen LogP contribution is 2.24. The van der Waals surface area contributed by atoms with Gasteiger partial charge < -0.3 is 10.2 Å². The maximum Gasteiger partial charge on any atom is 0.149 e. The molecule has 20 heavy (non-hydrogen) atoms. The van der Waals surface area contributed by atoms with Crippen LogP contribution < -0.4 is 10.2 Å². The van der Waals surface area contributed by atoms with E-state index in [1.54, 1.807) is 11.9 Å². The average molecular weight is 284 g/mol. The lowest BCUT2D eigenvalue weighted by Crippen LogP contribution is -2.23. The lowest BCUT2D eigenvalue weighted by Gasteiger charge is -2.22. The number of halogens is 2. The predicted octanol–water partition coefficient (Wildman–Crippen LogP) is 3.95. The minimum Gasteiger partial charge on any atom is -0.370 e. The Morgan fingerprint density at radius 1 is 1.20 bits per heavy atom. The van der Waals surface area contributed by atoms with Crippen LogP contribution in [0.4, 0.5) is 14.5 Å². The molecule has 0 bridgehead atoms. The molecule has 0 atom stereocenters. The van der Waals surface area contributed by atoms with Gasteiger partial charge in [0.2, 0.25) is 0 Å². The first-order chi connectivity index (χ1) is 9.45. The minimum absolute atomic E-state index is 0.0740. The Bertz CT molecular complexity index is 396. The van der Waals surface area contributed by atoms with Gasteiger partial charge in [-0.25, -0.2) is 8.78 Å². The summed E-state index contributed by atoms with van der Waals surface area (Å²) in [6.07, 6.45) is 1.91. The van der Waals surface area contributed by atoms with E-state index in [9.17, 15) is 8.78 Å². The van der Waals surface area contributed by atoms with Gasteiger partial charge in [0.05, 0.1) is 0 Å². The van der Waals surface area contributed by atoms with Gasteiger partial charge in [0.15, 0.2) is 0 Å². The molecular formula is C16H26F2N2. The quantitative estimate of drug-likeness (QED) is 0.727. The SMILES string of the molecule is CCCNCc1cc(F)c(N(C)CCC(C)C)c(F)c1. The standard InChI is InChI=1S/C16H26F2N2/c1-5-7-19-11-13-9-14(17)16(15(18)10-13)20(4)8-6-12(2)3/h9-10,12,19H,5-8,11H2,1-4H3. The Morgan fingerprint density at radius 2 is 1.80 bits per heavy atom. The zero-order valence-corrected chi connectivity index (χ0v) is 13.0. The van der Waals surface area contributed by atoms with Crippen molar-refractivity contribution >= 4 is 5.69 Å². The fourth-order valence-electron chi connectivity index (χ4n) is 2.06. The van der Waals surface area contributed by atoms with Gasteiger partial charge >= 0.3 is 0 Å². The second kappa shape index (κ2) is 8.20. The normalized spacial score (nSPS) is 11.2. The number of nitrogens with one attached hydrogen (secondary N) is 1. The van der Waals surface area contributed by atoms with E-state index in [1.807, 2.05) is 0 Å². The third-order valence-electron chi connectivity index (χ3n) is 3.26. The Labute approximate surface area is 121 Å². The molecule has 0 amide bonds. The number of benzene rings is 1. The molecule has 0 spiro atoms. The molecule has 2 nitrogen and oxygen atoms in total. The molecule has 0 unspecified atom stereocenters. The molecule has 0 saturated carbocycles. The monoisotopic (exact) mass is 284 g/mol. The molecule has 1 aromatic rings. The molecule has 0 aliphatic heterocycles. The number of anilines is 1. The summed E-state index contributed by atoms with van der Waals surface area (Å²) in [6.45, 7) is 8.25. The fraction of sp³-hybridized carbons (Fsp3) is 0.625. The average Bonchev–Trinajstić information content (AvgIpc) is 2.36. The molecule has 1 rings (SSSR count). The first-order valence-corrected chi connectivity index (χ1v) is 7.35. The van der Waals surface area contributed by atoms with Crippen LogP contribution in [0.25, 0.3) is 0 Å². The van der Waals surface area contributed by atoms with Crippen LogP contribution in [0.1, 0.15) is 39.2 Å². The summed E-state index contributed by atoms with van der Waals surface area (Å²) < 4.78 is 28.2. The lowest BCUT2D eigenvalue weighted by molar-refractivity contribution is 0.549. The van der Waals surface area contributed by atoms with Crippen molar-refractivity contribution < 1.29 is 8.78 Å². The summed E-state index contributed by atoms with van der Waals surface area (Å²) in [4.78, 5) is 1.66. The summed E-state index contributed by atoms with van der Waals surface area (Å²) in [5, 5.41) is 3.15. The maximum absolute atomic E-state index is 14.1. The van der Waals surface area contributed by atoms with Crippen molar-refractivity contribution in [3.05, 3.63) is 29.3 Å². The fourth-order valence-corrected chi connectivity index (χ4v) is 2.06. The summed E-state index contributed by atoms with van der Waals surface area (Å²) in [5.74, 6) is -0.449. The topological polar surface area (TPSA) is 15.3 Å². The van der Waals surface area contributed by atoms with Crippen molar-refractivity contribution in [3.63, 3.8) is 0 Å². The van der Waals surface area contributed by atoms with Crippen LogP contribution in [0.2, 0.25) is 0 Å². The van der Waals surface area contributed by atoms with Gasteiger partial charge in [-0.1, -0.05) is 20.8 Å². The van der Waals surface area contributed by atoms with Crippen molar-refractivity contribution in [1.82, 2.24) is 5.32 Å². The van der Waals surface area contributed by atoms with Crippen molar-refractivity contribution in [2.24, 2.45) is 5.92 Å². The van der Waals surface area contributed by atoms with E-state index in [2.05, 4.69) is 26.1 Å². The van der Waals surface area contributed by atoms with E-state index in [0.717, 1.165) is 19.4 Å². The molecule has 0 aliphatic carbocycles. The van der Waals surface area contributed by atoms with Crippen LogP contribution in [0, 0.1) is 17.6 Å². The van der Waals surface area contributed by atoms with Crippen LogP contribution in [0.3, 0.4) is 0 Å². The van der Waals surface area contributed by atoms with Gasteiger partial charge in [-0.05, 0) is 43.0 Å². The Balaban J connectivity index is 2.77. The molecule has 0 heterocycles. The second-order valence-corrected chi connectivity index (χ2v) is 5.69. The second-order valence-electron chi connectivity index (χ2n) is 5.69. The highest BCUT2D eigenvalue weighted by molar-refractivity contribution is 5.50. The number of rotatable bonds is 8. The van der Waals surface area contributed by atoms with Crippen molar-refractivity contribution in [2.75, 3.05) is 25.0 Å². The van der Waals surface area contributed by atoms with Gasteiger partial charge in [0, 0.05) is 20.1 Å². The third kappa shape index (κ3) is 5.08. The van der Waals surface area contributed by atoms with Crippen molar-refractivity contribution in [1.29, 1.82) is 0 Å². The Hall–Kier alpha value is -1.16. The first kappa shape index (κ1) is 16.9. The maximum atomic E-state index is 14.1. The molecule has 0 aromatic heterocycles. The molecule has 4 heteroatoms. The van der Waals surface area contributed by atoms with Crippen molar-refractivity contribution in [2.45, 2.75) is 40.2 Å². The molecule has 1 N–H and O–H groups in total. The number of hydrogen-bond donors (Lipinski definition) is 1. The predicted molar refractivity (Wildman–Crippen MR) is 81.1 cm³/mol. The highest BCUT2D eigenvalue weighted by atomic mass is 19.1. The van der Waals surface area contributed by atoms with Gasteiger partial charge in [0.25, 0.3) is 0 Å². The number of nitrogens with zero attached hydrogens (tertiary/aromatic N) is 1. The third-order valence-corrected chi connectivity index (χ3v) is 3.26. The van der Waals surface area contributed by atoms with Crippen LogP contribution >= 0.6 is 0 Å². The van der Waals surface area contributed by atoms with Crippen LogP contribution in [-0.2, 0) is 6.54 Å². The minimum atomic E-state index is -0.482. The van der Waals surface area contributed by atoms with E-state index >= 15 is 0 Å². The van der Waals surface area contributed by atoms with Gasteiger partial charge in [0.1, 0.15) is 17.3 Å².